The molecule has 0 radical (unpaired) electrons. The van der Waals surface area contributed by atoms with Crippen molar-refractivity contribution in [3.05, 3.63) is 64.7 Å². The topological polar surface area (TPSA) is 75.6 Å². The molecule has 0 aliphatic heterocycles. The first-order valence-electron chi connectivity index (χ1n) is 8.79. The minimum atomic E-state index is -0.496. The molecule has 144 valence electrons. The average molecular weight is 390 g/mol. The van der Waals surface area contributed by atoms with E-state index in [1.54, 1.807) is 19.2 Å². The molecule has 2 N–H and O–H groups in total. The van der Waals surface area contributed by atoms with Gasteiger partial charge in [0.2, 0.25) is 5.91 Å². The molecule has 0 aliphatic carbocycles. The fourth-order valence-electron chi connectivity index (χ4n) is 2.80. The monoisotopic (exact) mass is 389 g/mol. The van der Waals surface area contributed by atoms with Crippen LogP contribution in [0.4, 0.5) is 0 Å². The number of hydrogen-bond donors (Lipinski definition) is 2. The molecule has 0 bridgehead atoms. The summed E-state index contributed by atoms with van der Waals surface area (Å²) in [6, 6.07) is 14.5. The van der Waals surface area contributed by atoms with Crippen LogP contribution < -0.4 is 10.1 Å². The minimum absolute atomic E-state index is 0.0185. The zero-order valence-corrected chi connectivity index (χ0v) is 16.0. The number of nitrogens with one attached hydrogen (secondary N) is 1. The van der Waals surface area contributed by atoms with Crippen molar-refractivity contribution in [2.24, 2.45) is 5.92 Å². The van der Waals surface area contributed by atoms with Crippen LogP contribution >= 0.6 is 11.6 Å². The smallest absolute Gasteiger partial charge is 0.223 e. The summed E-state index contributed by atoms with van der Waals surface area (Å²) in [5, 5.41) is 12.2. The van der Waals surface area contributed by atoms with Crippen molar-refractivity contribution in [1.29, 1.82) is 0 Å². The molecule has 2 aromatic rings. The van der Waals surface area contributed by atoms with E-state index in [2.05, 4.69) is 5.32 Å². The maximum Gasteiger partial charge on any atom is 0.223 e. The standard InChI is InChI=1S/C21H24ClNO4/c1-27-20-8-4-15(5-9-20)12-17(21(26)23-10-11-24)14-19(25)13-16-2-6-18(22)7-3-16/h2-9,17,24H,10-14H2,1H3,(H,23,26). The molecule has 2 rings (SSSR count). The second kappa shape index (κ2) is 10.7. The molecule has 0 saturated heterocycles. The van der Waals surface area contributed by atoms with Gasteiger partial charge in [0.05, 0.1) is 13.7 Å². The molecule has 0 aromatic heterocycles. The van der Waals surface area contributed by atoms with Crippen LogP contribution in [0.15, 0.2) is 48.5 Å². The molecule has 0 saturated carbocycles. The van der Waals surface area contributed by atoms with Crippen LogP contribution in [0.1, 0.15) is 17.5 Å². The Balaban J connectivity index is 2.04. The van der Waals surface area contributed by atoms with Crippen LogP contribution in [0.25, 0.3) is 0 Å². The summed E-state index contributed by atoms with van der Waals surface area (Å²) in [4.78, 5) is 24.9. The Bertz CT molecular complexity index is 744. The Morgan fingerprint density at radius 3 is 2.30 bits per heavy atom. The Labute approximate surface area is 164 Å². The van der Waals surface area contributed by atoms with Gasteiger partial charge in [0.15, 0.2) is 0 Å². The van der Waals surface area contributed by atoms with Gasteiger partial charge in [-0.2, -0.15) is 0 Å². The molecule has 27 heavy (non-hydrogen) atoms. The van der Waals surface area contributed by atoms with Gasteiger partial charge >= 0.3 is 0 Å². The molecule has 6 heteroatoms. The van der Waals surface area contributed by atoms with E-state index in [9.17, 15) is 9.59 Å². The Kier molecular flexibility index (Phi) is 8.30. The molecule has 0 heterocycles. The van der Waals surface area contributed by atoms with E-state index < -0.39 is 5.92 Å². The number of methoxy groups -OCH3 is 1. The van der Waals surface area contributed by atoms with Gasteiger partial charge in [-0.15, -0.1) is 0 Å². The Morgan fingerprint density at radius 2 is 1.70 bits per heavy atom. The number of hydrogen-bond acceptors (Lipinski definition) is 4. The van der Waals surface area contributed by atoms with E-state index in [4.69, 9.17) is 21.4 Å². The first-order chi connectivity index (χ1) is 13.0. The van der Waals surface area contributed by atoms with Gasteiger partial charge in [0.25, 0.3) is 0 Å². The van der Waals surface area contributed by atoms with E-state index in [1.165, 1.54) is 0 Å². The fourth-order valence-corrected chi connectivity index (χ4v) is 2.93. The number of amides is 1. The highest BCUT2D eigenvalue weighted by Crippen LogP contribution is 2.18. The molecular formula is C21H24ClNO4. The highest BCUT2D eigenvalue weighted by molar-refractivity contribution is 6.30. The number of Topliss-reactive ketones (excluding diaryl/α,β-unsaturated/α-hetero) is 1. The Hall–Kier alpha value is -2.37. The second-order valence-electron chi connectivity index (χ2n) is 6.31. The predicted molar refractivity (Wildman–Crippen MR) is 105 cm³/mol. The molecule has 0 spiro atoms. The number of rotatable bonds is 10. The lowest BCUT2D eigenvalue weighted by atomic mass is 9.91. The predicted octanol–water partition coefficient (Wildman–Crippen LogP) is 2.82. The van der Waals surface area contributed by atoms with Crippen molar-refractivity contribution < 1.29 is 19.4 Å². The maximum absolute atomic E-state index is 12.5. The third kappa shape index (κ3) is 7.04. The lowest BCUT2D eigenvalue weighted by Crippen LogP contribution is -2.35. The number of halogens is 1. The fraction of sp³-hybridized carbons (Fsp3) is 0.333. The lowest BCUT2D eigenvalue weighted by Gasteiger charge is -2.16. The van der Waals surface area contributed by atoms with E-state index in [0.717, 1.165) is 16.9 Å². The maximum atomic E-state index is 12.5. The first-order valence-corrected chi connectivity index (χ1v) is 9.17. The average Bonchev–Trinajstić information content (AvgIpc) is 2.68. The van der Waals surface area contributed by atoms with Crippen molar-refractivity contribution in [3.63, 3.8) is 0 Å². The molecule has 0 fully saturated rings. The normalized spacial score (nSPS) is 11.7. The van der Waals surface area contributed by atoms with Crippen LogP contribution in [0.5, 0.6) is 5.75 Å². The van der Waals surface area contributed by atoms with Gasteiger partial charge < -0.3 is 15.2 Å². The van der Waals surface area contributed by atoms with Crippen LogP contribution in [-0.2, 0) is 22.4 Å². The van der Waals surface area contributed by atoms with Crippen LogP contribution in [0.2, 0.25) is 5.02 Å². The highest BCUT2D eigenvalue weighted by atomic mass is 35.5. The third-order valence-electron chi connectivity index (χ3n) is 4.21. The molecular weight excluding hydrogens is 366 g/mol. The number of carbonyl (C=O) groups is 2. The van der Waals surface area contributed by atoms with Gasteiger partial charge in [0, 0.05) is 30.3 Å². The van der Waals surface area contributed by atoms with Gasteiger partial charge in [-0.3, -0.25) is 9.59 Å². The van der Waals surface area contributed by atoms with Crippen molar-refractivity contribution >= 4 is 23.3 Å². The van der Waals surface area contributed by atoms with Crippen molar-refractivity contribution in [3.8, 4) is 5.75 Å². The quantitative estimate of drug-likeness (QED) is 0.655. The molecule has 1 unspecified atom stereocenters. The van der Waals surface area contributed by atoms with E-state index in [0.29, 0.717) is 11.4 Å². The second-order valence-corrected chi connectivity index (χ2v) is 6.75. The summed E-state index contributed by atoms with van der Waals surface area (Å²) in [5.41, 5.74) is 1.81. The largest absolute Gasteiger partial charge is 0.497 e. The van der Waals surface area contributed by atoms with Crippen molar-refractivity contribution in [2.75, 3.05) is 20.3 Å². The highest BCUT2D eigenvalue weighted by Gasteiger charge is 2.22. The van der Waals surface area contributed by atoms with E-state index in [-0.39, 0.29) is 37.7 Å². The first kappa shape index (κ1) is 20.9. The zero-order valence-electron chi connectivity index (χ0n) is 15.3. The van der Waals surface area contributed by atoms with Gasteiger partial charge in [0.1, 0.15) is 11.5 Å². The molecule has 1 amide bonds. The van der Waals surface area contributed by atoms with Crippen LogP contribution in [0, 0.1) is 5.92 Å². The van der Waals surface area contributed by atoms with Crippen LogP contribution in [0.3, 0.4) is 0 Å². The van der Waals surface area contributed by atoms with Crippen molar-refractivity contribution in [2.45, 2.75) is 19.3 Å². The number of benzene rings is 2. The molecule has 2 aromatic carbocycles. The van der Waals surface area contributed by atoms with Gasteiger partial charge in [-0.1, -0.05) is 35.9 Å². The lowest BCUT2D eigenvalue weighted by molar-refractivity contribution is -0.129. The van der Waals surface area contributed by atoms with Crippen molar-refractivity contribution in [1.82, 2.24) is 5.32 Å². The molecule has 0 aliphatic rings. The summed E-state index contributed by atoms with van der Waals surface area (Å²) in [5.74, 6) is -0.0112. The summed E-state index contributed by atoms with van der Waals surface area (Å²) in [6.45, 7) is 0.0308. The van der Waals surface area contributed by atoms with E-state index >= 15 is 0 Å². The number of carbonyl (C=O) groups excluding carboxylic acids is 2. The van der Waals surface area contributed by atoms with Gasteiger partial charge in [-0.05, 0) is 41.8 Å². The molecule has 5 nitrogen and oxygen atoms in total. The number of aliphatic hydroxyl groups excluding tert-OH is 1. The third-order valence-corrected chi connectivity index (χ3v) is 4.46. The van der Waals surface area contributed by atoms with E-state index in [1.807, 2.05) is 36.4 Å². The number of ketones is 1. The number of ether oxygens (including phenoxy) is 1. The number of aliphatic hydroxyl groups is 1. The summed E-state index contributed by atoms with van der Waals surface area (Å²) in [6.07, 6.45) is 0.823. The molecule has 1 atom stereocenters. The summed E-state index contributed by atoms with van der Waals surface area (Å²) >= 11 is 5.87. The van der Waals surface area contributed by atoms with Crippen LogP contribution in [-0.4, -0.2) is 37.1 Å². The van der Waals surface area contributed by atoms with Gasteiger partial charge in [-0.25, -0.2) is 0 Å². The minimum Gasteiger partial charge on any atom is -0.497 e. The summed E-state index contributed by atoms with van der Waals surface area (Å²) < 4.78 is 5.14. The zero-order chi connectivity index (χ0) is 19.6. The Morgan fingerprint density at radius 1 is 1.07 bits per heavy atom. The summed E-state index contributed by atoms with van der Waals surface area (Å²) in [7, 11) is 1.59. The SMILES string of the molecule is COc1ccc(CC(CC(=O)Cc2ccc(Cl)cc2)C(=O)NCCO)cc1.